The first-order chi connectivity index (χ1) is 13.7. The summed E-state index contributed by atoms with van der Waals surface area (Å²) in [6, 6.07) is 14.3. The van der Waals surface area contributed by atoms with Crippen molar-refractivity contribution >= 4 is 10.8 Å². The highest BCUT2D eigenvalue weighted by molar-refractivity contribution is 5.84. The quantitative estimate of drug-likeness (QED) is 0.473. The molecule has 0 nitrogen and oxygen atoms in total. The molecule has 0 spiro atoms. The Kier molecular flexibility index (Phi) is 6.76. The summed E-state index contributed by atoms with van der Waals surface area (Å²) in [6.07, 6.45) is 17.3. The van der Waals surface area contributed by atoms with E-state index in [2.05, 4.69) is 50.2 Å². The summed E-state index contributed by atoms with van der Waals surface area (Å²) >= 11 is 0. The van der Waals surface area contributed by atoms with Crippen molar-refractivity contribution in [2.24, 2.45) is 17.8 Å². The van der Waals surface area contributed by atoms with Crippen LogP contribution in [0.5, 0.6) is 0 Å². The third kappa shape index (κ3) is 4.81. The average molecular weight is 377 g/mol. The first-order valence-electron chi connectivity index (χ1n) is 12.3. The Balaban J connectivity index is 1.26. The Morgan fingerprint density at radius 3 is 1.86 bits per heavy atom. The second-order valence-corrected chi connectivity index (χ2v) is 9.88. The van der Waals surface area contributed by atoms with Crippen molar-refractivity contribution in [3.63, 3.8) is 0 Å². The van der Waals surface area contributed by atoms with Crippen LogP contribution in [-0.2, 0) is 6.42 Å². The number of benzene rings is 2. The fraction of sp³-hybridized carbons (Fsp3) is 0.643. The van der Waals surface area contributed by atoms with Crippen molar-refractivity contribution < 1.29 is 0 Å². The maximum Gasteiger partial charge on any atom is -0.0162 e. The van der Waals surface area contributed by atoms with Gasteiger partial charge in [-0.1, -0.05) is 95.2 Å². The molecular formula is C28H40. The molecule has 2 aliphatic carbocycles. The topological polar surface area (TPSA) is 0 Å². The van der Waals surface area contributed by atoms with Crippen molar-refractivity contribution in [3.8, 4) is 0 Å². The fourth-order valence-corrected chi connectivity index (χ4v) is 5.97. The minimum absolute atomic E-state index is 0.798. The molecule has 2 aromatic carbocycles. The Bertz CT molecular complexity index is 742. The molecule has 2 aliphatic rings. The van der Waals surface area contributed by atoms with Crippen LogP contribution in [0.2, 0.25) is 0 Å². The predicted octanol–water partition coefficient (Wildman–Crippen LogP) is 8.67. The first kappa shape index (κ1) is 20.0. The maximum absolute atomic E-state index is 2.48. The second-order valence-electron chi connectivity index (χ2n) is 9.88. The third-order valence-corrected chi connectivity index (χ3v) is 8.18. The highest BCUT2D eigenvalue weighted by Crippen LogP contribution is 2.40. The molecule has 0 radical (unpaired) electrons. The largest absolute Gasteiger partial charge is 0.0651 e. The fourth-order valence-electron chi connectivity index (χ4n) is 5.97. The SMILES string of the molecule is CCc1ccc2cc(C3CCC(CCC4CCC(CC)CC4)CC3)ccc2c1. The van der Waals surface area contributed by atoms with Crippen LogP contribution in [-0.4, -0.2) is 0 Å². The number of fused-ring (bicyclic) bond motifs is 1. The van der Waals surface area contributed by atoms with Crippen LogP contribution in [0, 0.1) is 17.8 Å². The standard InChI is InChI=1S/C28H40/c1-3-21-5-7-23(8-6-21)9-10-24-12-14-25(15-13-24)27-18-17-26-19-22(4-2)11-16-28(26)20-27/h11,16-21,23-25H,3-10,12-15H2,1-2H3. The lowest BCUT2D eigenvalue weighted by Gasteiger charge is -2.32. The van der Waals surface area contributed by atoms with E-state index in [9.17, 15) is 0 Å². The summed E-state index contributed by atoms with van der Waals surface area (Å²) in [4.78, 5) is 0. The lowest BCUT2D eigenvalue weighted by molar-refractivity contribution is 0.227. The van der Waals surface area contributed by atoms with Crippen molar-refractivity contribution in [2.45, 2.75) is 96.8 Å². The predicted molar refractivity (Wildman–Crippen MR) is 123 cm³/mol. The minimum Gasteiger partial charge on any atom is -0.0651 e. The van der Waals surface area contributed by atoms with E-state index in [0.717, 1.165) is 30.1 Å². The van der Waals surface area contributed by atoms with Gasteiger partial charge in [0.1, 0.15) is 0 Å². The summed E-state index contributed by atoms with van der Waals surface area (Å²) in [6.45, 7) is 4.62. The van der Waals surface area contributed by atoms with Gasteiger partial charge >= 0.3 is 0 Å². The van der Waals surface area contributed by atoms with Gasteiger partial charge < -0.3 is 0 Å². The van der Waals surface area contributed by atoms with Crippen LogP contribution in [0.3, 0.4) is 0 Å². The molecule has 0 N–H and O–H groups in total. The molecule has 2 aromatic rings. The van der Waals surface area contributed by atoms with E-state index < -0.39 is 0 Å². The van der Waals surface area contributed by atoms with Gasteiger partial charge in [-0.3, -0.25) is 0 Å². The van der Waals surface area contributed by atoms with Crippen LogP contribution in [0.25, 0.3) is 10.8 Å². The maximum atomic E-state index is 2.48. The van der Waals surface area contributed by atoms with E-state index in [1.807, 2.05) is 0 Å². The van der Waals surface area contributed by atoms with Crippen LogP contribution in [0.15, 0.2) is 36.4 Å². The Hall–Kier alpha value is -1.30. The van der Waals surface area contributed by atoms with Gasteiger partial charge in [-0.2, -0.15) is 0 Å². The van der Waals surface area contributed by atoms with Crippen LogP contribution >= 0.6 is 0 Å². The van der Waals surface area contributed by atoms with E-state index >= 15 is 0 Å². The minimum atomic E-state index is 0.798. The normalized spacial score (nSPS) is 28.5. The van der Waals surface area contributed by atoms with E-state index in [4.69, 9.17) is 0 Å². The van der Waals surface area contributed by atoms with Crippen molar-refractivity contribution in [1.29, 1.82) is 0 Å². The van der Waals surface area contributed by atoms with Crippen LogP contribution < -0.4 is 0 Å². The summed E-state index contributed by atoms with van der Waals surface area (Å²) in [5, 5.41) is 2.84. The molecule has 0 unspecified atom stereocenters. The molecule has 28 heavy (non-hydrogen) atoms. The molecule has 2 fully saturated rings. The molecule has 0 amide bonds. The molecule has 0 bridgehead atoms. The zero-order valence-electron chi connectivity index (χ0n) is 18.3. The number of rotatable bonds is 6. The smallest absolute Gasteiger partial charge is 0.0162 e. The zero-order valence-corrected chi connectivity index (χ0v) is 18.3. The molecule has 152 valence electrons. The lowest BCUT2D eigenvalue weighted by Crippen LogP contribution is -2.17. The van der Waals surface area contributed by atoms with Crippen molar-refractivity contribution in [2.75, 3.05) is 0 Å². The van der Waals surface area contributed by atoms with Gasteiger partial charge in [0, 0.05) is 0 Å². The molecule has 4 rings (SSSR count). The molecular weight excluding hydrogens is 336 g/mol. The third-order valence-electron chi connectivity index (χ3n) is 8.18. The van der Waals surface area contributed by atoms with E-state index in [0.29, 0.717) is 0 Å². The summed E-state index contributed by atoms with van der Waals surface area (Å²) in [5.41, 5.74) is 3.04. The van der Waals surface area contributed by atoms with E-state index in [-0.39, 0.29) is 0 Å². The van der Waals surface area contributed by atoms with Gasteiger partial charge in [-0.05, 0) is 77.7 Å². The average Bonchev–Trinajstić information content (AvgIpc) is 2.77. The van der Waals surface area contributed by atoms with E-state index in [1.54, 1.807) is 5.56 Å². The van der Waals surface area contributed by atoms with Gasteiger partial charge in [0.15, 0.2) is 0 Å². The first-order valence-corrected chi connectivity index (χ1v) is 12.3. The van der Waals surface area contributed by atoms with Crippen LogP contribution in [0.4, 0.5) is 0 Å². The summed E-state index contributed by atoms with van der Waals surface area (Å²) in [7, 11) is 0. The molecule has 2 saturated carbocycles. The number of hydrogen-bond acceptors (Lipinski definition) is 0. The highest BCUT2D eigenvalue weighted by atomic mass is 14.3. The molecule has 0 heteroatoms. The van der Waals surface area contributed by atoms with E-state index in [1.165, 1.54) is 87.0 Å². The van der Waals surface area contributed by atoms with Crippen LogP contribution in [0.1, 0.15) is 102 Å². The van der Waals surface area contributed by atoms with Crippen molar-refractivity contribution in [1.82, 2.24) is 0 Å². The highest BCUT2D eigenvalue weighted by Gasteiger charge is 2.25. The van der Waals surface area contributed by atoms with Gasteiger partial charge in [-0.15, -0.1) is 0 Å². The Morgan fingerprint density at radius 1 is 0.643 bits per heavy atom. The molecule has 0 heterocycles. The van der Waals surface area contributed by atoms with Gasteiger partial charge in [0.2, 0.25) is 0 Å². The van der Waals surface area contributed by atoms with Gasteiger partial charge in [0.25, 0.3) is 0 Å². The van der Waals surface area contributed by atoms with Crippen molar-refractivity contribution in [3.05, 3.63) is 47.5 Å². The Morgan fingerprint density at radius 2 is 1.21 bits per heavy atom. The lowest BCUT2D eigenvalue weighted by atomic mass is 9.74. The Labute approximate surface area is 173 Å². The summed E-state index contributed by atoms with van der Waals surface area (Å²) < 4.78 is 0. The monoisotopic (exact) mass is 376 g/mol. The zero-order chi connectivity index (χ0) is 19.3. The van der Waals surface area contributed by atoms with Gasteiger partial charge in [0.05, 0.1) is 0 Å². The molecule has 0 aromatic heterocycles. The number of aryl methyl sites for hydroxylation is 1. The molecule has 0 saturated heterocycles. The summed E-state index contributed by atoms with van der Waals surface area (Å²) in [5.74, 6) is 3.90. The number of hydrogen-bond donors (Lipinski definition) is 0. The molecule has 0 atom stereocenters. The second kappa shape index (κ2) is 9.47. The van der Waals surface area contributed by atoms with Gasteiger partial charge in [-0.25, -0.2) is 0 Å². The molecule has 0 aliphatic heterocycles.